The van der Waals surface area contributed by atoms with Crippen molar-refractivity contribution >= 4 is 18.1 Å². The number of unbranched alkanes of at least 4 members (excludes halogenated alkanes) is 2. The molecule has 0 atom stereocenters. The van der Waals surface area contributed by atoms with E-state index in [4.69, 9.17) is 0 Å². The minimum Gasteiger partial charge on any atom is -0.382 e. The quantitative estimate of drug-likeness (QED) is 0.769. The van der Waals surface area contributed by atoms with E-state index >= 15 is 0 Å². The van der Waals surface area contributed by atoms with Gasteiger partial charge in [-0.25, -0.2) is 0 Å². The fraction of sp³-hybridized carbons (Fsp3) is 0.700. The van der Waals surface area contributed by atoms with E-state index in [0.717, 1.165) is 12.2 Å². The Morgan fingerprint density at radius 2 is 2.14 bits per heavy atom. The van der Waals surface area contributed by atoms with E-state index in [0.29, 0.717) is 0 Å². The van der Waals surface area contributed by atoms with Crippen LogP contribution in [0.1, 0.15) is 31.9 Å². The lowest BCUT2D eigenvalue weighted by Gasteiger charge is -2.02. The molecule has 1 aromatic rings. The summed E-state index contributed by atoms with van der Waals surface area (Å²) in [5, 5.41) is 7.65. The molecule has 14 heavy (non-hydrogen) atoms. The van der Waals surface area contributed by atoms with Crippen LogP contribution in [0.2, 0.25) is 0 Å². The van der Waals surface area contributed by atoms with Gasteiger partial charge in [-0.15, -0.1) is 12.4 Å². The van der Waals surface area contributed by atoms with Crippen LogP contribution in [0.3, 0.4) is 0 Å². The smallest absolute Gasteiger partial charge is 0.0824 e. The molecule has 0 aliphatic rings. The first-order chi connectivity index (χ1) is 6.24. The van der Waals surface area contributed by atoms with Crippen molar-refractivity contribution in [2.24, 2.45) is 7.05 Å². The molecule has 0 bridgehead atoms. The van der Waals surface area contributed by atoms with Gasteiger partial charge in [-0.1, -0.05) is 19.8 Å². The van der Waals surface area contributed by atoms with Crippen LogP contribution in [0.15, 0.2) is 6.20 Å². The molecule has 0 aromatic carbocycles. The Hall–Kier alpha value is -0.700. The Balaban J connectivity index is 0.00000169. The van der Waals surface area contributed by atoms with Crippen molar-refractivity contribution in [3.63, 3.8) is 0 Å². The predicted molar refractivity (Wildman–Crippen MR) is 63.2 cm³/mol. The first-order valence-corrected chi connectivity index (χ1v) is 4.98. The van der Waals surface area contributed by atoms with Gasteiger partial charge in [-0.3, -0.25) is 4.68 Å². The molecule has 1 rings (SSSR count). The normalized spacial score (nSPS) is 9.64. The van der Waals surface area contributed by atoms with Crippen LogP contribution in [-0.2, 0) is 7.05 Å². The van der Waals surface area contributed by atoms with Crippen LogP contribution in [0.5, 0.6) is 0 Å². The Morgan fingerprint density at radius 1 is 1.43 bits per heavy atom. The molecule has 0 fully saturated rings. The summed E-state index contributed by atoms with van der Waals surface area (Å²) >= 11 is 0. The van der Waals surface area contributed by atoms with Gasteiger partial charge in [0.2, 0.25) is 0 Å². The number of nitrogens with zero attached hydrogens (tertiary/aromatic N) is 2. The molecule has 1 N–H and O–H groups in total. The fourth-order valence-electron chi connectivity index (χ4n) is 1.37. The summed E-state index contributed by atoms with van der Waals surface area (Å²) in [4.78, 5) is 0. The third-order valence-corrected chi connectivity index (χ3v) is 2.11. The molecule has 0 aliphatic heterocycles. The second-order valence-corrected chi connectivity index (χ2v) is 3.44. The van der Waals surface area contributed by atoms with E-state index < -0.39 is 0 Å². The Labute approximate surface area is 92.3 Å². The second-order valence-electron chi connectivity index (χ2n) is 3.44. The highest BCUT2D eigenvalue weighted by Gasteiger charge is 2.00. The van der Waals surface area contributed by atoms with E-state index in [1.54, 1.807) is 0 Å². The van der Waals surface area contributed by atoms with Crippen LogP contribution in [-0.4, -0.2) is 16.3 Å². The molecule has 0 radical (unpaired) electrons. The maximum Gasteiger partial charge on any atom is 0.0824 e. The number of aryl methyl sites for hydroxylation is 2. The van der Waals surface area contributed by atoms with Crippen LogP contribution < -0.4 is 5.32 Å². The summed E-state index contributed by atoms with van der Waals surface area (Å²) in [5.41, 5.74) is 2.25. The van der Waals surface area contributed by atoms with E-state index in [9.17, 15) is 0 Å². The molecular formula is C10H20ClN3. The molecule has 0 saturated heterocycles. The highest BCUT2D eigenvalue weighted by Crippen LogP contribution is 2.11. The molecular weight excluding hydrogens is 198 g/mol. The van der Waals surface area contributed by atoms with Gasteiger partial charge in [-0.05, 0) is 13.3 Å². The Morgan fingerprint density at radius 3 is 2.64 bits per heavy atom. The van der Waals surface area contributed by atoms with Crippen LogP contribution in [0, 0.1) is 6.92 Å². The van der Waals surface area contributed by atoms with Crippen LogP contribution in [0.4, 0.5) is 5.69 Å². The summed E-state index contributed by atoms with van der Waals surface area (Å²) in [6.45, 7) is 5.30. The number of hydrogen-bond donors (Lipinski definition) is 1. The third kappa shape index (κ3) is 4.01. The number of nitrogens with one attached hydrogen (secondary N) is 1. The van der Waals surface area contributed by atoms with Crippen molar-refractivity contribution in [1.29, 1.82) is 0 Å². The number of anilines is 1. The molecule has 4 heteroatoms. The summed E-state index contributed by atoms with van der Waals surface area (Å²) in [6.07, 6.45) is 5.84. The molecule has 0 aliphatic carbocycles. The highest BCUT2D eigenvalue weighted by molar-refractivity contribution is 5.85. The zero-order valence-electron chi connectivity index (χ0n) is 9.21. The van der Waals surface area contributed by atoms with Gasteiger partial charge in [-0.2, -0.15) is 5.10 Å². The van der Waals surface area contributed by atoms with Gasteiger partial charge in [0.15, 0.2) is 0 Å². The molecule has 0 amide bonds. The largest absolute Gasteiger partial charge is 0.382 e. The zero-order valence-corrected chi connectivity index (χ0v) is 10.0. The first kappa shape index (κ1) is 13.3. The monoisotopic (exact) mass is 217 g/mol. The Bertz CT molecular complexity index is 258. The highest BCUT2D eigenvalue weighted by atomic mass is 35.5. The minimum atomic E-state index is 0. The van der Waals surface area contributed by atoms with Crippen molar-refractivity contribution in [1.82, 2.24) is 9.78 Å². The standard InChI is InChI=1S/C10H19N3.ClH/c1-4-5-6-7-11-10-8-13(3)12-9(10)2;/h8,11H,4-7H2,1-3H3;1H. The van der Waals surface area contributed by atoms with Gasteiger partial charge >= 0.3 is 0 Å². The topological polar surface area (TPSA) is 29.9 Å². The van der Waals surface area contributed by atoms with E-state index in [2.05, 4.69) is 17.3 Å². The van der Waals surface area contributed by atoms with E-state index in [1.807, 2.05) is 24.9 Å². The van der Waals surface area contributed by atoms with Crippen molar-refractivity contribution in [3.8, 4) is 0 Å². The summed E-state index contributed by atoms with van der Waals surface area (Å²) in [5.74, 6) is 0. The predicted octanol–water partition coefficient (Wildman–Crippen LogP) is 2.75. The first-order valence-electron chi connectivity index (χ1n) is 4.98. The molecule has 0 unspecified atom stereocenters. The lowest BCUT2D eigenvalue weighted by Crippen LogP contribution is -2.01. The third-order valence-electron chi connectivity index (χ3n) is 2.11. The van der Waals surface area contributed by atoms with Gasteiger partial charge in [0, 0.05) is 19.8 Å². The van der Waals surface area contributed by atoms with Crippen molar-refractivity contribution in [2.75, 3.05) is 11.9 Å². The summed E-state index contributed by atoms with van der Waals surface area (Å²) in [6, 6.07) is 0. The van der Waals surface area contributed by atoms with Gasteiger partial charge in [0.05, 0.1) is 11.4 Å². The number of halogens is 1. The lowest BCUT2D eigenvalue weighted by atomic mass is 10.2. The average molecular weight is 218 g/mol. The van der Waals surface area contributed by atoms with Gasteiger partial charge < -0.3 is 5.32 Å². The maximum atomic E-state index is 4.26. The van der Waals surface area contributed by atoms with Crippen molar-refractivity contribution in [3.05, 3.63) is 11.9 Å². The van der Waals surface area contributed by atoms with Crippen molar-refractivity contribution in [2.45, 2.75) is 33.1 Å². The maximum absolute atomic E-state index is 4.26. The number of hydrogen-bond acceptors (Lipinski definition) is 2. The second kappa shape index (κ2) is 6.71. The minimum absolute atomic E-state index is 0. The molecule has 0 saturated carbocycles. The molecule has 0 spiro atoms. The van der Waals surface area contributed by atoms with E-state index in [1.165, 1.54) is 24.9 Å². The molecule has 1 aromatic heterocycles. The molecule has 1 heterocycles. The number of aromatic nitrogens is 2. The van der Waals surface area contributed by atoms with Crippen molar-refractivity contribution < 1.29 is 0 Å². The zero-order chi connectivity index (χ0) is 9.68. The average Bonchev–Trinajstić information content (AvgIpc) is 2.39. The SMILES string of the molecule is CCCCCNc1cn(C)nc1C.Cl. The van der Waals surface area contributed by atoms with Crippen LogP contribution >= 0.6 is 12.4 Å². The van der Waals surface area contributed by atoms with Gasteiger partial charge in [0.1, 0.15) is 0 Å². The van der Waals surface area contributed by atoms with E-state index in [-0.39, 0.29) is 12.4 Å². The summed E-state index contributed by atoms with van der Waals surface area (Å²) in [7, 11) is 1.95. The fourth-order valence-corrected chi connectivity index (χ4v) is 1.37. The summed E-state index contributed by atoms with van der Waals surface area (Å²) < 4.78 is 1.84. The number of rotatable bonds is 5. The Kier molecular flexibility index (Phi) is 6.37. The molecule has 82 valence electrons. The van der Waals surface area contributed by atoms with Crippen LogP contribution in [0.25, 0.3) is 0 Å². The molecule has 3 nitrogen and oxygen atoms in total. The van der Waals surface area contributed by atoms with Gasteiger partial charge in [0.25, 0.3) is 0 Å². The lowest BCUT2D eigenvalue weighted by molar-refractivity contribution is 0.743.